The quantitative estimate of drug-likeness (QED) is 0.0331. The van der Waals surface area contributed by atoms with Gasteiger partial charge in [-0.1, -0.05) is 214 Å². The number of unbranched alkanes of at least 4 members (excludes halogenated alkanes) is 24. The van der Waals surface area contributed by atoms with Gasteiger partial charge >= 0.3 is 18.0 Å². The molecule has 74 heavy (non-hydrogen) atoms. The van der Waals surface area contributed by atoms with Gasteiger partial charge in [0.15, 0.2) is 0 Å². The summed E-state index contributed by atoms with van der Waals surface area (Å²) < 4.78 is 39.7. The molecule has 0 aromatic rings. The average Bonchev–Trinajstić information content (AvgIpc) is 3.40. The number of hydrogen-bond acceptors (Lipinski definition) is 10. The molecule has 0 fully saturated rings. The Morgan fingerprint density at radius 3 is 1.07 bits per heavy atom. The van der Waals surface area contributed by atoms with E-state index in [1.54, 1.807) is 0 Å². The summed E-state index contributed by atoms with van der Waals surface area (Å²) >= 11 is 0. The molecule has 0 aromatic carbocycles. The molecule has 0 aliphatic heterocycles. The van der Waals surface area contributed by atoms with Crippen LogP contribution in [0.15, 0.2) is 0 Å². The number of rotatable bonds is 60. The number of amides is 1. The molecule has 1 amide bonds. The first-order valence-electron chi connectivity index (χ1n) is 31.9. The average molecular weight is 1050 g/mol. The second-order valence-electron chi connectivity index (χ2n) is 21.5. The molecule has 0 aromatic heterocycles. The molecule has 0 bridgehead atoms. The smallest absolute Gasteiger partial charge is 0.410 e. The lowest BCUT2D eigenvalue weighted by Crippen LogP contribution is -2.42. The lowest BCUT2D eigenvalue weighted by molar-refractivity contribution is -0.146. The molecule has 440 valence electrons. The Labute approximate surface area is 457 Å². The number of esters is 2. The zero-order valence-corrected chi connectivity index (χ0v) is 49.8. The van der Waals surface area contributed by atoms with Crippen LogP contribution in [0.3, 0.4) is 0 Å². The number of carbonyl (C=O) groups is 3. The van der Waals surface area contributed by atoms with Crippen molar-refractivity contribution in [1.82, 2.24) is 4.90 Å². The minimum atomic E-state index is -0.217. The summed E-state index contributed by atoms with van der Waals surface area (Å²) in [5.74, 6) is 0.943. The van der Waals surface area contributed by atoms with E-state index in [4.69, 9.17) is 33.2 Å². The van der Waals surface area contributed by atoms with Gasteiger partial charge < -0.3 is 38.1 Å². The van der Waals surface area contributed by atoms with E-state index < -0.39 is 0 Å². The third-order valence-electron chi connectivity index (χ3n) is 14.6. The lowest BCUT2D eigenvalue weighted by Gasteiger charge is -2.31. The minimum absolute atomic E-state index is 0.0307. The molecule has 0 N–H and O–H groups in total. The molecule has 11 heteroatoms. The molecule has 0 saturated carbocycles. The number of ether oxygens (including phenoxy) is 7. The van der Waals surface area contributed by atoms with Crippen molar-refractivity contribution in [1.29, 1.82) is 0 Å². The Morgan fingerprint density at radius 2 is 0.649 bits per heavy atom. The number of nitrogens with zero attached hydrogens (tertiary/aromatic N) is 1. The lowest BCUT2D eigenvalue weighted by atomic mass is 9.96. The van der Waals surface area contributed by atoms with Crippen molar-refractivity contribution in [3.05, 3.63) is 0 Å². The second kappa shape index (κ2) is 58.7. The van der Waals surface area contributed by atoms with Crippen LogP contribution in [0.5, 0.6) is 0 Å². The fourth-order valence-electron chi connectivity index (χ4n) is 9.80. The van der Waals surface area contributed by atoms with E-state index >= 15 is 0 Å². The van der Waals surface area contributed by atoms with Gasteiger partial charge in [0.2, 0.25) is 0 Å². The van der Waals surface area contributed by atoms with Gasteiger partial charge in [0.05, 0.1) is 59.5 Å². The highest BCUT2D eigenvalue weighted by Gasteiger charge is 2.24. The summed E-state index contributed by atoms with van der Waals surface area (Å²) in [4.78, 5) is 41.3. The molecule has 0 heterocycles. The topological polar surface area (TPSA) is 119 Å². The van der Waals surface area contributed by atoms with Crippen LogP contribution in [0.2, 0.25) is 0 Å². The number of hydrogen-bond donors (Lipinski definition) is 0. The van der Waals surface area contributed by atoms with Crippen LogP contribution in [0.4, 0.5) is 4.79 Å². The molecular weight excluding hydrogens is 931 g/mol. The Kier molecular flexibility index (Phi) is 57.2. The number of carbonyl (C=O) groups excluding carboxylic acids is 3. The van der Waals surface area contributed by atoms with Gasteiger partial charge in [-0.3, -0.25) is 9.59 Å². The second-order valence-corrected chi connectivity index (χ2v) is 21.5. The standard InChI is InChI=1S/C63H123NO10/c1-7-13-18-21-26-31-38-47-64(63(67)72-55-54-71-53-52-70-51-50-69-49-48-68-12-6)60(43-34-27-22-24-29-36-45-61(65)73-56-58(39-16-10-4)41-32-19-14-8-2)44-35-28-23-25-30-37-46-62(66)74-57-59(40-17-11-5)42-33-20-15-9-3/h58-60H,7-57H2,1-6H3. The van der Waals surface area contributed by atoms with E-state index in [0.29, 0.717) is 90.7 Å². The van der Waals surface area contributed by atoms with Gasteiger partial charge in [-0.25, -0.2) is 4.79 Å². The third kappa shape index (κ3) is 49.6. The first-order chi connectivity index (χ1) is 36.4. The maximum atomic E-state index is 13.9. The summed E-state index contributed by atoms with van der Waals surface area (Å²) in [6.07, 6.45) is 43.4. The first kappa shape index (κ1) is 72.0. The fourth-order valence-corrected chi connectivity index (χ4v) is 9.80. The molecule has 2 unspecified atom stereocenters. The zero-order valence-electron chi connectivity index (χ0n) is 49.8. The van der Waals surface area contributed by atoms with Gasteiger partial charge in [-0.05, 0) is 76.5 Å². The molecule has 0 saturated heterocycles. The molecule has 0 aliphatic carbocycles. The largest absolute Gasteiger partial charge is 0.465 e. The maximum Gasteiger partial charge on any atom is 0.410 e. The molecular formula is C63H123NO10. The summed E-state index contributed by atoms with van der Waals surface area (Å²) in [5, 5.41) is 0. The van der Waals surface area contributed by atoms with Crippen LogP contribution in [0.25, 0.3) is 0 Å². The van der Waals surface area contributed by atoms with Crippen LogP contribution in [-0.4, -0.2) is 108 Å². The van der Waals surface area contributed by atoms with Crippen molar-refractivity contribution < 1.29 is 47.5 Å². The normalized spacial score (nSPS) is 12.7. The Morgan fingerprint density at radius 1 is 0.324 bits per heavy atom. The van der Waals surface area contributed by atoms with Crippen molar-refractivity contribution in [2.75, 3.05) is 79.2 Å². The van der Waals surface area contributed by atoms with E-state index in [9.17, 15) is 14.4 Å². The molecule has 11 nitrogen and oxygen atoms in total. The van der Waals surface area contributed by atoms with Crippen molar-refractivity contribution in [2.24, 2.45) is 11.8 Å². The Balaban J connectivity index is 5.24. The van der Waals surface area contributed by atoms with E-state index in [0.717, 1.165) is 122 Å². The fraction of sp³-hybridized carbons (Fsp3) is 0.952. The summed E-state index contributed by atoms with van der Waals surface area (Å²) in [7, 11) is 0. The van der Waals surface area contributed by atoms with Crippen LogP contribution in [-0.2, 0) is 42.7 Å². The van der Waals surface area contributed by atoms with Gasteiger partial charge in [0.1, 0.15) is 6.61 Å². The third-order valence-corrected chi connectivity index (χ3v) is 14.6. The molecule has 2 atom stereocenters. The highest BCUT2D eigenvalue weighted by Crippen LogP contribution is 2.23. The molecule has 0 radical (unpaired) electrons. The van der Waals surface area contributed by atoms with E-state index in [1.165, 1.54) is 122 Å². The summed E-state index contributed by atoms with van der Waals surface area (Å²) in [6, 6.07) is 0.137. The van der Waals surface area contributed by atoms with Crippen LogP contribution < -0.4 is 0 Å². The first-order valence-corrected chi connectivity index (χ1v) is 31.9. The van der Waals surface area contributed by atoms with Crippen molar-refractivity contribution in [3.8, 4) is 0 Å². The van der Waals surface area contributed by atoms with Crippen molar-refractivity contribution in [2.45, 2.75) is 298 Å². The molecule has 0 aliphatic rings. The Hall–Kier alpha value is -1.95. The predicted octanol–water partition coefficient (Wildman–Crippen LogP) is 17.5. The molecule has 0 spiro atoms. The Bertz CT molecular complexity index is 1120. The van der Waals surface area contributed by atoms with E-state index in [2.05, 4.69) is 39.5 Å². The van der Waals surface area contributed by atoms with E-state index in [1.807, 2.05) is 6.92 Å². The van der Waals surface area contributed by atoms with Crippen LogP contribution in [0, 0.1) is 11.8 Å². The van der Waals surface area contributed by atoms with Crippen molar-refractivity contribution in [3.63, 3.8) is 0 Å². The van der Waals surface area contributed by atoms with Crippen LogP contribution in [0.1, 0.15) is 292 Å². The van der Waals surface area contributed by atoms with Gasteiger partial charge in [-0.2, -0.15) is 0 Å². The SMILES string of the molecule is CCCCCCCCCN(C(=O)OCCOCCOCCOCCOCC)C(CCCCCCCCC(=O)OCC(CCCC)CCCCCC)CCCCCCCCC(=O)OCC(CCCC)CCCCCC. The molecule has 0 rings (SSSR count). The summed E-state index contributed by atoms with van der Waals surface area (Å²) in [6.45, 7) is 19.4. The summed E-state index contributed by atoms with van der Waals surface area (Å²) in [5.41, 5.74) is 0. The zero-order chi connectivity index (χ0) is 54.1. The highest BCUT2D eigenvalue weighted by molar-refractivity contribution is 5.69. The predicted molar refractivity (Wildman–Crippen MR) is 308 cm³/mol. The maximum absolute atomic E-state index is 13.9. The van der Waals surface area contributed by atoms with Gasteiger partial charge in [0.25, 0.3) is 0 Å². The van der Waals surface area contributed by atoms with Crippen LogP contribution >= 0.6 is 0 Å². The van der Waals surface area contributed by atoms with Gasteiger partial charge in [0, 0.05) is 32.0 Å². The monoisotopic (exact) mass is 1050 g/mol. The van der Waals surface area contributed by atoms with Crippen molar-refractivity contribution >= 4 is 18.0 Å². The van der Waals surface area contributed by atoms with Gasteiger partial charge in [-0.15, -0.1) is 0 Å². The minimum Gasteiger partial charge on any atom is -0.465 e. The van der Waals surface area contributed by atoms with E-state index in [-0.39, 0.29) is 30.7 Å². The highest BCUT2D eigenvalue weighted by atomic mass is 16.6.